The Bertz CT molecular complexity index is 857. The molecule has 0 aromatic carbocycles. The van der Waals surface area contributed by atoms with Crippen molar-refractivity contribution in [2.24, 2.45) is 0 Å². The van der Waals surface area contributed by atoms with E-state index in [0.717, 1.165) is 5.56 Å². The Morgan fingerprint density at radius 2 is 1.97 bits per heavy atom. The lowest BCUT2D eigenvalue weighted by molar-refractivity contribution is -0.383. The smallest absolute Gasteiger partial charge is 0.409 e. The zero-order chi connectivity index (χ0) is 21.3. The van der Waals surface area contributed by atoms with Gasteiger partial charge >= 0.3 is 11.8 Å². The van der Waals surface area contributed by atoms with Crippen molar-refractivity contribution in [3.63, 3.8) is 0 Å². The number of hydrogen-bond donors (Lipinski definition) is 2. The number of carbonyl (C=O) groups is 1. The number of ether oxygens (including phenoxy) is 1. The van der Waals surface area contributed by atoms with E-state index in [-0.39, 0.29) is 29.5 Å². The number of amides is 1. The van der Waals surface area contributed by atoms with E-state index >= 15 is 0 Å². The standard InChI is InChI=1S/C19H25N7O4/c1-2-30-19(27)25-11-6-15(7-12-25)24-18-16(26(28)29)17(22-13-23-18)21-10-5-14-3-8-20-9-4-14/h3-4,8-9,13,15H,2,5-7,10-12H2,1H3,(H2,21,22,23,24). The minimum absolute atomic E-state index is 0.0334. The summed E-state index contributed by atoms with van der Waals surface area (Å²) in [4.78, 5) is 36.8. The van der Waals surface area contributed by atoms with Crippen molar-refractivity contribution in [2.75, 3.05) is 36.9 Å². The minimum atomic E-state index is -0.481. The largest absolute Gasteiger partial charge is 0.450 e. The molecule has 0 aliphatic carbocycles. The predicted molar refractivity (Wildman–Crippen MR) is 110 cm³/mol. The summed E-state index contributed by atoms with van der Waals surface area (Å²) in [5, 5.41) is 17.9. The van der Waals surface area contributed by atoms with Crippen LogP contribution in [0.1, 0.15) is 25.3 Å². The van der Waals surface area contributed by atoms with E-state index < -0.39 is 4.92 Å². The van der Waals surface area contributed by atoms with E-state index in [1.165, 1.54) is 6.33 Å². The van der Waals surface area contributed by atoms with Crippen LogP contribution in [0.25, 0.3) is 0 Å². The number of aromatic nitrogens is 3. The number of anilines is 2. The van der Waals surface area contributed by atoms with Crippen molar-refractivity contribution in [1.82, 2.24) is 19.9 Å². The molecule has 11 heteroatoms. The number of carbonyl (C=O) groups excluding carboxylic acids is 1. The Balaban J connectivity index is 1.62. The summed E-state index contributed by atoms with van der Waals surface area (Å²) in [6.07, 6.45) is 6.35. The molecule has 0 radical (unpaired) electrons. The average molecular weight is 415 g/mol. The molecule has 30 heavy (non-hydrogen) atoms. The van der Waals surface area contributed by atoms with E-state index in [1.54, 1.807) is 24.2 Å². The van der Waals surface area contributed by atoms with Crippen molar-refractivity contribution in [1.29, 1.82) is 0 Å². The Morgan fingerprint density at radius 1 is 1.27 bits per heavy atom. The van der Waals surface area contributed by atoms with Gasteiger partial charge in [0.2, 0.25) is 11.6 Å². The van der Waals surface area contributed by atoms with Gasteiger partial charge in [0.15, 0.2) is 0 Å². The number of nitro groups is 1. The number of nitrogens with zero attached hydrogens (tertiary/aromatic N) is 5. The van der Waals surface area contributed by atoms with Crippen LogP contribution in [0.2, 0.25) is 0 Å². The molecule has 0 saturated carbocycles. The minimum Gasteiger partial charge on any atom is -0.450 e. The molecule has 2 aromatic rings. The van der Waals surface area contributed by atoms with Crippen molar-refractivity contribution >= 4 is 23.4 Å². The number of piperidine rings is 1. The first-order valence-corrected chi connectivity index (χ1v) is 9.89. The topological polar surface area (TPSA) is 135 Å². The third-order valence-corrected chi connectivity index (χ3v) is 4.82. The highest BCUT2D eigenvalue weighted by molar-refractivity contribution is 5.70. The van der Waals surface area contributed by atoms with Gasteiger partial charge in [-0.25, -0.2) is 14.8 Å². The van der Waals surface area contributed by atoms with Gasteiger partial charge in [0, 0.05) is 38.1 Å². The van der Waals surface area contributed by atoms with E-state index in [0.29, 0.717) is 45.5 Å². The molecule has 1 fully saturated rings. The van der Waals surface area contributed by atoms with Gasteiger partial charge in [-0.2, -0.15) is 0 Å². The third kappa shape index (κ3) is 5.52. The first-order valence-electron chi connectivity index (χ1n) is 9.89. The number of pyridine rings is 1. The highest BCUT2D eigenvalue weighted by Crippen LogP contribution is 2.30. The molecular weight excluding hydrogens is 390 g/mol. The van der Waals surface area contributed by atoms with Crippen molar-refractivity contribution in [2.45, 2.75) is 32.2 Å². The van der Waals surface area contributed by atoms with Crippen LogP contribution in [-0.4, -0.2) is 63.2 Å². The van der Waals surface area contributed by atoms with Gasteiger partial charge in [-0.05, 0) is 43.9 Å². The first-order chi connectivity index (χ1) is 14.6. The van der Waals surface area contributed by atoms with E-state index in [9.17, 15) is 14.9 Å². The summed E-state index contributed by atoms with van der Waals surface area (Å²) in [5.74, 6) is 0.353. The molecule has 2 aromatic heterocycles. The van der Waals surface area contributed by atoms with Gasteiger partial charge in [-0.1, -0.05) is 0 Å². The lowest BCUT2D eigenvalue weighted by Crippen LogP contribution is -2.42. The number of hydrogen-bond acceptors (Lipinski definition) is 9. The van der Waals surface area contributed by atoms with Crippen LogP contribution in [0, 0.1) is 10.1 Å². The summed E-state index contributed by atoms with van der Waals surface area (Å²) in [5.41, 5.74) is 0.890. The first kappa shape index (κ1) is 21.2. The molecule has 3 rings (SSSR count). The highest BCUT2D eigenvalue weighted by atomic mass is 16.6. The van der Waals surface area contributed by atoms with Crippen LogP contribution in [0.15, 0.2) is 30.9 Å². The van der Waals surface area contributed by atoms with Crippen LogP contribution in [0.3, 0.4) is 0 Å². The molecular formula is C19H25N7O4. The maximum absolute atomic E-state index is 11.8. The fraction of sp³-hybridized carbons (Fsp3) is 0.474. The van der Waals surface area contributed by atoms with E-state index in [4.69, 9.17) is 4.74 Å². The lowest BCUT2D eigenvalue weighted by atomic mass is 10.1. The normalized spacial score (nSPS) is 14.2. The van der Waals surface area contributed by atoms with Crippen LogP contribution < -0.4 is 10.6 Å². The highest BCUT2D eigenvalue weighted by Gasteiger charge is 2.28. The monoisotopic (exact) mass is 415 g/mol. The SMILES string of the molecule is CCOC(=O)N1CCC(Nc2ncnc(NCCc3ccncc3)c2[N+](=O)[O-])CC1. The van der Waals surface area contributed by atoms with Crippen molar-refractivity contribution in [3.8, 4) is 0 Å². The fourth-order valence-corrected chi connectivity index (χ4v) is 3.28. The Morgan fingerprint density at radius 3 is 2.63 bits per heavy atom. The molecule has 0 unspecified atom stereocenters. The summed E-state index contributed by atoms with van der Waals surface area (Å²) in [7, 11) is 0. The second-order valence-electron chi connectivity index (χ2n) is 6.81. The van der Waals surface area contributed by atoms with Gasteiger partial charge in [-0.15, -0.1) is 0 Å². The molecule has 1 aliphatic rings. The Kier molecular flexibility index (Phi) is 7.30. The van der Waals surface area contributed by atoms with E-state index in [1.807, 2.05) is 12.1 Å². The van der Waals surface area contributed by atoms with Gasteiger partial charge < -0.3 is 20.3 Å². The van der Waals surface area contributed by atoms with Crippen molar-refractivity contribution < 1.29 is 14.5 Å². The number of rotatable bonds is 8. The molecule has 1 aliphatic heterocycles. The van der Waals surface area contributed by atoms with Gasteiger partial charge in [0.1, 0.15) is 6.33 Å². The summed E-state index contributed by atoms with van der Waals surface area (Å²) in [6.45, 7) is 3.63. The lowest BCUT2D eigenvalue weighted by Gasteiger charge is -2.31. The van der Waals surface area contributed by atoms with Crippen molar-refractivity contribution in [3.05, 3.63) is 46.5 Å². The number of likely N-dealkylation sites (tertiary alicyclic amines) is 1. The fourth-order valence-electron chi connectivity index (χ4n) is 3.28. The molecule has 1 amide bonds. The van der Waals surface area contributed by atoms with Gasteiger partial charge in [0.05, 0.1) is 11.5 Å². The molecule has 3 heterocycles. The summed E-state index contributed by atoms with van der Waals surface area (Å²) >= 11 is 0. The maximum atomic E-state index is 11.8. The predicted octanol–water partition coefficient (Wildman–Crippen LogP) is 2.47. The summed E-state index contributed by atoms with van der Waals surface area (Å²) in [6, 6.07) is 3.76. The van der Waals surface area contributed by atoms with Crippen LogP contribution >= 0.6 is 0 Å². The third-order valence-electron chi connectivity index (χ3n) is 4.82. The van der Waals surface area contributed by atoms with Gasteiger partial charge in [0.25, 0.3) is 0 Å². The molecule has 0 spiro atoms. The molecule has 11 nitrogen and oxygen atoms in total. The zero-order valence-corrected chi connectivity index (χ0v) is 16.8. The van der Waals surface area contributed by atoms with Gasteiger partial charge in [-0.3, -0.25) is 15.1 Å². The zero-order valence-electron chi connectivity index (χ0n) is 16.8. The second kappa shape index (κ2) is 10.3. The molecule has 0 bridgehead atoms. The quantitative estimate of drug-likeness (QED) is 0.492. The summed E-state index contributed by atoms with van der Waals surface area (Å²) < 4.78 is 5.02. The van der Waals surface area contributed by atoms with E-state index in [2.05, 4.69) is 25.6 Å². The molecule has 0 atom stereocenters. The average Bonchev–Trinajstić information content (AvgIpc) is 2.75. The maximum Gasteiger partial charge on any atom is 0.409 e. The number of nitrogens with one attached hydrogen (secondary N) is 2. The molecule has 160 valence electrons. The van der Waals surface area contributed by atoms with Crippen LogP contribution in [0.4, 0.5) is 22.1 Å². The Labute approximate surface area is 174 Å². The molecule has 2 N–H and O–H groups in total. The van der Waals surface area contributed by atoms with Crippen LogP contribution in [-0.2, 0) is 11.2 Å². The Hall–Kier alpha value is -3.50. The molecule has 1 saturated heterocycles. The second-order valence-corrected chi connectivity index (χ2v) is 6.81. The van der Waals surface area contributed by atoms with Crippen LogP contribution in [0.5, 0.6) is 0 Å².